The first kappa shape index (κ1) is 106. The number of phenolic OH excluding ortho intramolecular Hbond substituents is 1. The lowest BCUT2D eigenvalue weighted by molar-refractivity contribution is -0.146. The van der Waals surface area contributed by atoms with Crippen LogP contribution in [-0.2, 0) is 56.3 Å². The van der Waals surface area contributed by atoms with Crippen LogP contribution in [0.5, 0.6) is 40.2 Å². The number of aromatic hydroxyl groups is 1. The molecule has 7 aromatic carbocycles. The van der Waals surface area contributed by atoms with Crippen LogP contribution in [0.2, 0.25) is 18.1 Å². The Morgan fingerprint density at radius 2 is 0.650 bits per heavy atom. The number of hydrogen-bond acceptors (Lipinski definition) is 20. The van der Waals surface area contributed by atoms with Crippen molar-refractivity contribution in [3.05, 3.63) is 185 Å². The third-order valence-corrected chi connectivity index (χ3v) is 27.8. The van der Waals surface area contributed by atoms with Crippen LogP contribution in [0.3, 0.4) is 0 Å². The van der Waals surface area contributed by atoms with E-state index < -0.39 is 55.5 Å². The molecule has 666 valence electrons. The van der Waals surface area contributed by atoms with Gasteiger partial charge in [-0.25, -0.2) is 19.2 Å². The predicted molar refractivity (Wildman–Crippen MR) is 459 cm³/mol. The highest BCUT2D eigenvalue weighted by molar-refractivity contribution is 8.00. The van der Waals surface area contributed by atoms with Crippen molar-refractivity contribution >= 4 is 79.2 Å². The van der Waals surface area contributed by atoms with Crippen LogP contribution in [-0.4, -0.2) is 143 Å². The van der Waals surface area contributed by atoms with Gasteiger partial charge >= 0.3 is 42.4 Å². The van der Waals surface area contributed by atoms with Gasteiger partial charge in [-0.1, -0.05) is 61.3 Å². The van der Waals surface area contributed by atoms with Crippen molar-refractivity contribution in [2.45, 2.75) is 179 Å². The Labute approximate surface area is 719 Å². The number of rotatable bonds is 41. The number of halogens is 9. The second-order valence-corrected chi connectivity index (χ2v) is 38.2. The molecule has 0 fully saturated rings. The first-order chi connectivity index (χ1) is 56.5. The van der Waals surface area contributed by atoms with Gasteiger partial charge in [0.1, 0.15) is 40.2 Å². The lowest BCUT2D eigenvalue weighted by Crippen LogP contribution is -2.42. The van der Waals surface area contributed by atoms with E-state index in [0.29, 0.717) is 73.6 Å². The second-order valence-electron chi connectivity index (χ2n) is 29.0. The van der Waals surface area contributed by atoms with Crippen LogP contribution in [0.25, 0.3) is 0 Å². The van der Waals surface area contributed by atoms with Crippen molar-refractivity contribution in [1.29, 1.82) is 0 Å². The smallest absolute Gasteiger partial charge is 0.416 e. The summed E-state index contributed by atoms with van der Waals surface area (Å²) >= 11 is 6.89. The molecular formula is C89H117F9O17S4Si. The van der Waals surface area contributed by atoms with Crippen LogP contribution >= 0.6 is 47.0 Å². The maximum atomic E-state index is 12.6. The first-order valence-corrected chi connectivity index (χ1v) is 46.2. The fourth-order valence-electron chi connectivity index (χ4n) is 9.76. The van der Waals surface area contributed by atoms with E-state index in [-0.39, 0.29) is 67.6 Å². The van der Waals surface area contributed by atoms with E-state index in [1.807, 2.05) is 101 Å². The number of carboxylic acid groups (broad SMARTS) is 1. The summed E-state index contributed by atoms with van der Waals surface area (Å²) in [6, 6.07) is 36.4. The molecule has 0 bridgehead atoms. The largest absolute Gasteiger partial charge is 0.508 e. The average molecular weight is 1790 g/mol. The highest BCUT2D eigenvalue weighted by atomic mass is 32.2. The minimum atomic E-state index is -4.35. The molecule has 0 saturated heterocycles. The number of alkyl halides is 9. The van der Waals surface area contributed by atoms with E-state index in [2.05, 4.69) is 66.8 Å². The monoisotopic (exact) mass is 1780 g/mol. The van der Waals surface area contributed by atoms with Crippen molar-refractivity contribution in [2.24, 2.45) is 23.7 Å². The number of aliphatic hydroxyl groups excluding tert-OH is 1. The van der Waals surface area contributed by atoms with Gasteiger partial charge in [0.2, 0.25) is 0 Å². The minimum absolute atomic E-state index is 0.0517. The van der Waals surface area contributed by atoms with Crippen molar-refractivity contribution in [3.8, 4) is 40.2 Å². The van der Waals surface area contributed by atoms with Crippen LogP contribution < -0.4 is 28.4 Å². The zero-order valence-corrected chi connectivity index (χ0v) is 75.5. The van der Waals surface area contributed by atoms with Crippen LogP contribution in [0.1, 0.15) is 134 Å². The standard InChI is InChI=1S/C23H27F3O4S.C22H38O4SSi.C21H23F3O4S.C16H24O4S.C7H5F3O/c1-4-17(13-29-19-8-6-18(7-9-19)23(24,25)26)15-31-20-10-11-21(16(3)12-20)30-14-22(27)28-5-2;1-9-18(14-26-28(7,8)22(4,5)6)16-27-19-11-12-20(17(3)13-19)25-15-21(23)24-10-2;1-3-15(11-27-17-6-4-16(5-7-17)21(22,23)24)13-29-18-8-9-19(14(2)10-18)28-12-20(25)26;1-4-13(9-17)11-21-14-6-7-15(12(3)8-14)20-10-16(18)19-5-2;8-7(9,10)5-1-3-6(11)4-2-5/h6-12,17H,4-5,13-15H2,1-3H3;11-13,18H,9-10,14-16H2,1-8H3;4-10,15H,3,11-13H2,1-2H3,(H,25,26);6-8,13,17H,4-5,9-11H2,1-3H3;1-4,11H/t17-;18-;15-;13-;/m1111./s1. The number of aryl methyl sites for hydroxylation is 4. The number of hydrogen-bond donors (Lipinski definition) is 3. The van der Waals surface area contributed by atoms with Crippen molar-refractivity contribution in [1.82, 2.24) is 0 Å². The molecule has 7 aromatic rings. The van der Waals surface area contributed by atoms with Gasteiger partial charge in [0.25, 0.3) is 0 Å². The maximum absolute atomic E-state index is 12.6. The molecule has 0 aliphatic rings. The summed E-state index contributed by atoms with van der Waals surface area (Å²) < 4.78 is 165. The van der Waals surface area contributed by atoms with Crippen molar-refractivity contribution in [2.75, 3.05) is 95.7 Å². The Morgan fingerprint density at radius 3 is 0.892 bits per heavy atom. The predicted octanol–water partition coefficient (Wildman–Crippen LogP) is 23.4. The fourth-order valence-corrected chi connectivity index (χ4v) is 15.6. The van der Waals surface area contributed by atoms with E-state index >= 15 is 0 Å². The van der Waals surface area contributed by atoms with E-state index in [4.69, 9.17) is 57.3 Å². The van der Waals surface area contributed by atoms with Crippen LogP contribution in [0.4, 0.5) is 39.5 Å². The highest BCUT2D eigenvalue weighted by Crippen LogP contribution is 2.39. The number of aliphatic carboxylic acids is 1. The Bertz CT molecular complexity index is 4150. The van der Waals surface area contributed by atoms with Gasteiger partial charge in [0.05, 0.1) is 49.7 Å². The fraction of sp³-hybridized carbons (Fsp3) is 0.483. The summed E-state index contributed by atoms with van der Waals surface area (Å²) in [5.74, 6) is 6.00. The lowest BCUT2D eigenvalue weighted by Gasteiger charge is -2.37. The van der Waals surface area contributed by atoms with Crippen molar-refractivity contribution in [3.63, 3.8) is 0 Å². The molecule has 0 aliphatic carbocycles. The number of esters is 3. The molecule has 0 spiro atoms. The molecule has 0 amide bonds. The molecule has 0 unspecified atom stereocenters. The summed E-state index contributed by atoms with van der Waals surface area (Å²) in [6.45, 7) is 35.2. The molecule has 4 atom stereocenters. The topological polar surface area (TPSA) is 221 Å². The molecule has 0 saturated carbocycles. The van der Waals surface area contributed by atoms with Gasteiger partial charge in [0.15, 0.2) is 34.7 Å². The van der Waals surface area contributed by atoms with E-state index in [9.17, 15) is 63.8 Å². The Morgan fingerprint density at radius 1 is 0.383 bits per heavy atom. The Balaban J connectivity index is 0.000000399. The first-order valence-electron chi connectivity index (χ1n) is 39.4. The van der Waals surface area contributed by atoms with Gasteiger partial charge < -0.3 is 62.4 Å². The molecule has 3 N–H and O–H groups in total. The molecule has 0 radical (unpaired) electrons. The number of carboxylic acids is 1. The van der Waals surface area contributed by atoms with Gasteiger partial charge in [-0.2, -0.15) is 39.5 Å². The third-order valence-electron chi connectivity index (χ3n) is 18.4. The SMILES string of the molecule is CCOC(=O)COc1ccc(SC[C@H](CC)CO)cc1C.CCOC(=O)COc1ccc(SC[C@H](CC)CO[Si](C)(C)C(C)(C)C)cc1C.CCOC(=O)COc1ccc(SC[C@H](CC)COc2ccc(C(F)(F)F)cc2)cc1C.CC[C@H](COc1ccc(C(F)(F)F)cc1)CSc1ccc(OCC(=O)O)c(C)c1.Oc1ccc(C(F)(F)F)cc1. The normalized spacial score (nSPS) is 12.4. The molecule has 7 rings (SSSR count). The number of thioether (sulfide) groups is 4. The molecule has 0 heterocycles. The third kappa shape index (κ3) is 42.1. The summed E-state index contributed by atoms with van der Waals surface area (Å²) in [7, 11) is -1.70. The molecule has 0 aliphatic heterocycles. The number of aliphatic hydroxyl groups is 1. The Kier molecular flexibility index (Phi) is 48.1. The van der Waals surface area contributed by atoms with E-state index in [1.165, 1.54) is 29.2 Å². The van der Waals surface area contributed by atoms with Gasteiger partial charge in [0, 0.05) is 67.6 Å². The molecule has 17 nitrogen and oxygen atoms in total. The van der Waals surface area contributed by atoms with E-state index in [1.54, 1.807) is 62.1 Å². The number of carbonyl (C=O) groups is 4. The lowest BCUT2D eigenvalue weighted by atomic mass is 10.1. The zero-order chi connectivity index (χ0) is 89.8. The minimum Gasteiger partial charge on any atom is -0.508 e. The molecule has 31 heteroatoms. The molecule has 0 aromatic heterocycles. The summed E-state index contributed by atoms with van der Waals surface area (Å²) in [5.41, 5.74) is 1.65. The highest BCUT2D eigenvalue weighted by Gasteiger charge is 2.38. The van der Waals surface area contributed by atoms with Gasteiger partial charge in [-0.05, 0) is 259 Å². The summed E-state index contributed by atoms with van der Waals surface area (Å²) in [5, 5.41) is 26.8. The number of phenols is 1. The molecular weight excluding hydrogens is 1670 g/mol. The Hall–Kier alpha value is -8.07. The molecule has 120 heavy (non-hydrogen) atoms. The van der Waals surface area contributed by atoms with Gasteiger partial charge in [-0.15, -0.1) is 47.0 Å². The average Bonchev–Trinajstić information content (AvgIpc) is 0.836. The zero-order valence-electron chi connectivity index (χ0n) is 71.2. The van der Waals surface area contributed by atoms with E-state index in [0.717, 1.165) is 147 Å². The number of ether oxygens (including phenoxy) is 9. The maximum Gasteiger partial charge on any atom is 0.416 e. The number of carbonyl (C=O) groups excluding carboxylic acids is 3. The van der Waals surface area contributed by atoms with Crippen molar-refractivity contribution < 1.29 is 121 Å². The van der Waals surface area contributed by atoms with Crippen LogP contribution in [0, 0.1) is 51.4 Å². The van der Waals surface area contributed by atoms with Gasteiger partial charge in [-0.3, -0.25) is 0 Å². The second kappa shape index (κ2) is 54.4. The summed E-state index contributed by atoms with van der Waals surface area (Å²) in [6.07, 6.45) is -9.19. The quantitative estimate of drug-likeness (QED) is 0.0107. The number of benzene rings is 7. The summed E-state index contributed by atoms with van der Waals surface area (Å²) in [4.78, 5) is 49.2. The van der Waals surface area contributed by atoms with Crippen LogP contribution in [0.15, 0.2) is 165 Å².